The van der Waals surface area contributed by atoms with E-state index >= 15 is 0 Å². The van der Waals surface area contributed by atoms with E-state index in [1.807, 2.05) is 0 Å². The van der Waals surface area contributed by atoms with Crippen LogP contribution in [0.5, 0.6) is 0 Å². The van der Waals surface area contributed by atoms with Gasteiger partial charge < -0.3 is 15.6 Å². The second-order valence-corrected chi connectivity index (χ2v) is 4.84. The molecule has 0 unspecified atom stereocenters. The van der Waals surface area contributed by atoms with Gasteiger partial charge in [0.25, 0.3) is 0 Å². The van der Waals surface area contributed by atoms with E-state index < -0.39 is 0 Å². The van der Waals surface area contributed by atoms with Gasteiger partial charge in [0.1, 0.15) is 18.4 Å². The van der Waals surface area contributed by atoms with Crippen LogP contribution in [-0.2, 0) is 11.3 Å². The first-order valence-electron chi connectivity index (χ1n) is 6.26. The third kappa shape index (κ3) is 3.18. The molecule has 0 saturated heterocycles. The smallest absolute Gasteiger partial charge is 0.240 e. The number of aromatic nitrogens is 4. The number of nitrogens with zero attached hydrogens (tertiary/aromatic N) is 4. The molecule has 0 radical (unpaired) electrons. The SMILES string of the molecule is CC(C)CCNC(=O)Cn1cnc2c(N)ncnc21. The zero-order chi connectivity index (χ0) is 13.8. The Morgan fingerprint density at radius 1 is 1.42 bits per heavy atom. The predicted molar refractivity (Wildman–Crippen MR) is 72.2 cm³/mol. The average molecular weight is 262 g/mol. The first-order valence-corrected chi connectivity index (χ1v) is 6.26. The number of nitrogens with two attached hydrogens (primary N) is 1. The zero-order valence-corrected chi connectivity index (χ0v) is 11.1. The summed E-state index contributed by atoms with van der Waals surface area (Å²) in [7, 11) is 0. The number of anilines is 1. The fourth-order valence-corrected chi connectivity index (χ4v) is 1.73. The molecule has 102 valence electrons. The number of nitrogen functional groups attached to an aromatic ring is 1. The van der Waals surface area contributed by atoms with Crippen molar-refractivity contribution in [3.05, 3.63) is 12.7 Å². The van der Waals surface area contributed by atoms with Crippen molar-refractivity contribution in [3.8, 4) is 0 Å². The lowest BCUT2D eigenvalue weighted by atomic mass is 10.1. The number of hydrogen-bond acceptors (Lipinski definition) is 5. The van der Waals surface area contributed by atoms with Gasteiger partial charge in [-0.3, -0.25) is 4.79 Å². The summed E-state index contributed by atoms with van der Waals surface area (Å²) in [5.74, 6) is 0.836. The van der Waals surface area contributed by atoms with Gasteiger partial charge >= 0.3 is 0 Å². The van der Waals surface area contributed by atoms with E-state index in [-0.39, 0.29) is 12.5 Å². The van der Waals surface area contributed by atoms with Gasteiger partial charge in [0.05, 0.1) is 6.33 Å². The van der Waals surface area contributed by atoms with Crippen LogP contribution in [0.2, 0.25) is 0 Å². The Morgan fingerprint density at radius 2 is 2.21 bits per heavy atom. The Labute approximate surface area is 111 Å². The largest absolute Gasteiger partial charge is 0.382 e. The molecule has 7 heteroatoms. The number of carbonyl (C=O) groups is 1. The maximum absolute atomic E-state index is 11.8. The van der Waals surface area contributed by atoms with E-state index in [0.29, 0.717) is 29.4 Å². The fraction of sp³-hybridized carbons (Fsp3) is 0.500. The molecule has 3 N–H and O–H groups in total. The van der Waals surface area contributed by atoms with Crippen LogP contribution in [0.15, 0.2) is 12.7 Å². The van der Waals surface area contributed by atoms with Crippen molar-refractivity contribution in [1.29, 1.82) is 0 Å². The molecule has 2 heterocycles. The number of carbonyl (C=O) groups excluding carboxylic acids is 1. The predicted octanol–water partition coefficient (Wildman–Crippen LogP) is 0.571. The number of nitrogens with one attached hydrogen (secondary N) is 1. The highest BCUT2D eigenvalue weighted by Crippen LogP contribution is 2.13. The molecule has 7 nitrogen and oxygen atoms in total. The van der Waals surface area contributed by atoms with Crippen LogP contribution in [0.1, 0.15) is 20.3 Å². The van der Waals surface area contributed by atoms with Crippen molar-refractivity contribution in [3.63, 3.8) is 0 Å². The summed E-state index contributed by atoms with van der Waals surface area (Å²) in [6.45, 7) is 5.11. The number of amides is 1. The van der Waals surface area contributed by atoms with Gasteiger partial charge in [0.2, 0.25) is 5.91 Å². The average Bonchev–Trinajstić information content (AvgIpc) is 2.73. The Morgan fingerprint density at radius 3 is 2.95 bits per heavy atom. The van der Waals surface area contributed by atoms with Crippen LogP contribution >= 0.6 is 0 Å². The molecule has 0 spiro atoms. The van der Waals surface area contributed by atoms with Gasteiger partial charge in [-0.1, -0.05) is 13.8 Å². The van der Waals surface area contributed by atoms with Gasteiger partial charge in [-0.2, -0.15) is 0 Å². The van der Waals surface area contributed by atoms with Crippen molar-refractivity contribution in [1.82, 2.24) is 24.8 Å². The third-order valence-corrected chi connectivity index (χ3v) is 2.79. The zero-order valence-electron chi connectivity index (χ0n) is 11.1. The van der Waals surface area contributed by atoms with Crippen molar-refractivity contribution < 1.29 is 4.79 Å². The van der Waals surface area contributed by atoms with Crippen molar-refractivity contribution >= 4 is 22.9 Å². The molecule has 0 aliphatic heterocycles. The molecule has 1 amide bonds. The van der Waals surface area contributed by atoms with Crippen LogP contribution in [0, 0.1) is 5.92 Å². The molecule has 0 atom stereocenters. The number of imidazole rings is 1. The summed E-state index contributed by atoms with van der Waals surface area (Å²) in [5.41, 5.74) is 6.79. The second-order valence-electron chi connectivity index (χ2n) is 4.84. The molecule has 2 aromatic rings. The van der Waals surface area contributed by atoms with E-state index in [0.717, 1.165) is 6.42 Å². The summed E-state index contributed by atoms with van der Waals surface area (Å²) >= 11 is 0. The van der Waals surface area contributed by atoms with Gasteiger partial charge in [0, 0.05) is 6.54 Å². The van der Waals surface area contributed by atoms with Crippen molar-refractivity contribution in [2.24, 2.45) is 5.92 Å². The van der Waals surface area contributed by atoms with Crippen LogP contribution in [0.4, 0.5) is 5.82 Å². The number of fused-ring (bicyclic) bond motifs is 1. The Bertz CT molecular complexity index is 577. The lowest BCUT2D eigenvalue weighted by molar-refractivity contribution is -0.121. The van der Waals surface area contributed by atoms with E-state index in [9.17, 15) is 4.79 Å². The summed E-state index contributed by atoms with van der Waals surface area (Å²) in [6.07, 6.45) is 3.88. The number of hydrogen-bond donors (Lipinski definition) is 2. The number of rotatable bonds is 5. The Hall–Kier alpha value is -2.18. The standard InChI is InChI=1S/C12H18N6O/c1-8(2)3-4-14-9(19)5-18-7-17-10-11(13)15-6-16-12(10)18/h6-8H,3-5H2,1-2H3,(H,14,19)(H2,13,15,16). The third-order valence-electron chi connectivity index (χ3n) is 2.79. The molecular formula is C12H18N6O. The highest BCUT2D eigenvalue weighted by atomic mass is 16.1. The van der Waals surface area contributed by atoms with Gasteiger partial charge in [-0.25, -0.2) is 15.0 Å². The van der Waals surface area contributed by atoms with Gasteiger partial charge in [-0.05, 0) is 12.3 Å². The van der Waals surface area contributed by atoms with Gasteiger partial charge in [-0.15, -0.1) is 0 Å². The minimum Gasteiger partial charge on any atom is -0.382 e. The van der Waals surface area contributed by atoms with Crippen LogP contribution < -0.4 is 11.1 Å². The highest BCUT2D eigenvalue weighted by molar-refractivity contribution is 5.83. The summed E-state index contributed by atoms with van der Waals surface area (Å²) < 4.78 is 1.66. The van der Waals surface area contributed by atoms with E-state index in [1.54, 1.807) is 10.9 Å². The van der Waals surface area contributed by atoms with Gasteiger partial charge in [0.15, 0.2) is 11.5 Å². The van der Waals surface area contributed by atoms with E-state index in [4.69, 9.17) is 5.73 Å². The topological polar surface area (TPSA) is 98.7 Å². The van der Waals surface area contributed by atoms with Crippen molar-refractivity contribution in [2.75, 3.05) is 12.3 Å². The first-order chi connectivity index (χ1) is 9.08. The summed E-state index contributed by atoms with van der Waals surface area (Å²) in [6, 6.07) is 0. The van der Waals surface area contributed by atoms with Crippen LogP contribution in [0.3, 0.4) is 0 Å². The molecule has 0 aliphatic carbocycles. The second kappa shape index (κ2) is 5.64. The van der Waals surface area contributed by atoms with Crippen LogP contribution in [-0.4, -0.2) is 32.0 Å². The lowest BCUT2D eigenvalue weighted by Crippen LogP contribution is -2.28. The maximum atomic E-state index is 11.8. The van der Waals surface area contributed by atoms with Crippen LogP contribution in [0.25, 0.3) is 11.2 Å². The molecule has 0 bridgehead atoms. The molecule has 0 aliphatic rings. The summed E-state index contributed by atoms with van der Waals surface area (Å²) in [4.78, 5) is 23.9. The molecule has 0 saturated carbocycles. The minimum atomic E-state index is -0.0582. The molecule has 2 aromatic heterocycles. The molecule has 0 aromatic carbocycles. The Balaban J connectivity index is 2.01. The molecule has 0 fully saturated rings. The maximum Gasteiger partial charge on any atom is 0.240 e. The summed E-state index contributed by atoms with van der Waals surface area (Å²) in [5, 5.41) is 2.87. The van der Waals surface area contributed by atoms with Crippen molar-refractivity contribution in [2.45, 2.75) is 26.8 Å². The first kappa shape index (κ1) is 13.3. The fourth-order valence-electron chi connectivity index (χ4n) is 1.73. The molecule has 2 rings (SSSR count). The minimum absolute atomic E-state index is 0.0582. The lowest BCUT2D eigenvalue weighted by Gasteiger charge is -2.07. The quantitative estimate of drug-likeness (QED) is 0.820. The molecule has 19 heavy (non-hydrogen) atoms. The monoisotopic (exact) mass is 262 g/mol. The Kier molecular flexibility index (Phi) is 3.94. The van der Waals surface area contributed by atoms with E-state index in [2.05, 4.69) is 34.1 Å². The highest BCUT2D eigenvalue weighted by Gasteiger charge is 2.10. The molecular weight excluding hydrogens is 244 g/mol. The van der Waals surface area contributed by atoms with E-state index in [1.165, 1.54) is 6.33 Å². The normalized spacial score (nSPS) is 11.1.